The van der Waals surface area contributed by atoms with Gasteiger partial charge < -0.3 is 5.32 Å². The fourth-order valence-corrected chi connectivity index (χ4v) is 2.24. The van der Waals surface area contributed by atoms with Crippen molar-refractivity contribution in [3.05, 3.63) is 64.2 Å². The quantitative estimate of drug-likeness (QED) is 0.604. The lowest BCUT2D eigenvalue weighted by Gasteiger charge is -2.09. The zero-order chi connectivity index (χ0) is 18.9. The van der Waals surface area contributed by atoms with E-state index in [-0.39, 0.29) is 24.7 Å². The van der Waals surface area contributed by atoms with Crippen molar-refractivity contribution in [2.45, 2.75) is 19.8 Å². The van der Waals surface area contributed by atoms with Gasteiger partial charge in [0.25, 0.3) is 0 Å². The second-order valence-corrected chi connectivity index (χ2v) is 5.89. The van der Waals surface area contributed by atoms with Gasteiger partial charge >= 0.3 is 0 Å². The highest BCUT2D eigenvalue weighted by atomic mass is 35.5. The lowest BCUT2D eigenvalue weighted by atomic mass is 10.2. The average molecular weight is 369 g/mol. The Morgan fingerprint density at radius 2 is 1.85 bits per heavy atom. The van der Waals surface area contributed by atoms with Crippen LogP contribution in [0.3, 0.4) is 0 Å². The molecule has 0 fully saturated rings. The van der Waals surface area contributed by atoms with Crippen LogP contribution < -0.4 is 10.7 Å². The van der Waals surface area contributed by atoms with Crippen LogP contribution in [-0.4, -0.2) is 18.0 Å². The highest BCUT2D eigenvalue weighted by molar-refractivity contribution is 6.31. The lowest BCUT2D eigenvalue weighted by molar-refractivity contribution is -0.124. The van der Waals surface area contributed by atoms with Crippen molar-refractivity contribution in [3.8, 4) is 6.07 Å². The fraction of sp³-hybridized carbons (Fsp3) is 0.158. The van der Waals surface area contributed by atoms with Crippen LogP contribution in [0.5, 0.6) is 0 Å². The standard InChI is InChI=1S/C19H17ClN4O2/c1-13-16(20)3-2-4-17(13)23-18(25)9-10-19(26)24-22-12-15-7-5-14(11-21)6-8-15/h2-8,12H,9-10H2,1H3,(H,23,25)(H,24,26)/b22-12-. The Morgan fingerprint density at radius 1 is 1.15 bits per heavy atom. The number of halogens is 1. The number of hydrazone groups is 1. The van der Waals surface area contributed by atoms with E-state index in [2.05, 4.69) is 15.8 Å². The van der Waals surface area contributed by atoms with E-state index in [1.807, 2.05) is 13.0 Å². The molecule has 6 nitrogen and oxygen atoms in total. The fourth-order valence-electron chi connectivity index (χ4n) is 2.06. The molecule has 0 heterocycles. The molecule has 2 amide bonds. The Balaban J connectivity index is 1.77. The highest BCUT2D eigenvalue weighted by Gasteiger charge is 2.09. The van der Waals surface area contributed by atoms with Crippen molar-refractivity contribution in [2.75, 3.05) is 5.32 Å². The van der Waals surface area contributed by atoms with Gasteiger partial charge in [-0.05, 0) is 42.3 Å². The van der Waals surface area contributed by atoms with Crippen LogP contribution in [0, 0.1) is 18.3 Å². The predicted molar refractivity (Wildman–Crippen MR) is 101 cm³/mol. The summed E-state index contributed by atoms with van der Waals surface area (Å²) in [6, 6.07) is 14.0. The number of carbonyl (C=O) groups is 2. The summed E-state index contributed by atoms with van der Waals surface area (Å²) in [4.78, 5) is 23.7. The monoisotopic (exact) mass is 368 g/mol. The van der Waals surface area contributed by atoms with E-state index in [0.717, 1.165) is 11.1 Å². The normalized spacial score (nSPS) is 10.3. The Morgan fingerprint density at radius 3 is 2.54 bits per heavy atom. The summed E-state index contributed by atoms with van der Waals surface area (Å²) in [5.41, 5.74) is 5.06. The van der Waals surface area contributed by atoms with Crippen LogP contribution in [0.4, 0.5) is 5.69 Å². The molecular formula is C19H17ClN4O2. The maximum Gasteiger partial charge on any atom is 0.240 e. The maximum absolute atomic E-state index is 11.9. The van der Waals surface area contributed by atoms with Crippen molar-refractivity contribution >= 4 is 35.3 Å². The molecule has 0 aromatic heterocycles. The van der Waals surface area contributed by atoms with Crippen molar-refractivity contribution < 1.29 is 9.59 Å². The minimum atomic E-state index is -0.368. The number of hydrogen-bond acceptors (Lipinski definition) is 4. The topological polar surface area (TPSA) is 94.3 Å². The van der Waals surface area contributed by atoms with Crippen LogP contribution in [0.1, 0.15) is 29.5 Å². The van der Waals surface area contributed by atoms with Crippen molar-refractivity contribution in [1.82, 2.24) is 5.43 Å². The summed E-state index contributed by atoms with van der Waals surface area (Å²) in [5, 5.41) is 15.8. The van der Waals surface area contributed by atoms with E-state index >= 15 is 0 Å². The van der Waals surface area contributed by atoms with Gasteiger partial charge in [-0.3, -0.25) is 9.59 Å². The number of carbonyl (C=O) groups excluding carboxylic acids is 2. The van der Waals surface area contributed by atoms with Gasteiger partial charge in [0, 0.05) is 23.6 Å². The smallest absolute Gasteiger partial charge is 0.240 e. The second-order valence-electron chi connectivity index (χ2n) is 5.49. The Labute approximate surface area is 156 Å². The summed E-state index contributed by atoms with van der Waals surface area (Å²) >= 11 is 6.00. The third-order valence-electron chi connectivity index (χ3n) is 3.56. The van der Waals surface area contributed by atoms with Crippen molar-refractivity contribution in [1.29, 1.82) is 5.26 Å². The summed E-state index contributed by atoms with van der Waals surface area (Å²) in [6.07, 6.45) is 1.51. The Kier molecular flexibility index (Phi) is 6.89. The van der Waals surface area contributed by atoms with Gasteiger partial charge in [0.1, 0.15) is 0 Å². The molecule has 0 atom stereocenters. The molecule has 0 aliphatic rings. The van der Waals surface area contributed by atoms with Gasteiger partial charge in [-0.25, -0.2) is 5.43 Å². The van der Waals surface area contributed by atoms with Crippen LogP contribution in [0.25, 0.3) is 0 Å². The Hall–Kier alpha value is -3.17. The number of anilines is 1. The molecule has 0 radical (unpaired) electrons. The van der Waals surface area contributed by atoms with E-state index < -0.39 is 0 Å². The first-order valence-electron chi connectivity index (χ1n) is 7.86. The number of nitriles is 1. The molecule has 7 heteroatoms. The molecule has 0 saturated carbocycles. The molecule has 0 spiro atoms. The zero-order valence-electron chi connectivity index (χ0n) is 14.1. The van der Waals surface area contributed by atoms with Crippen LogP contribution in [-0.2, 0) is 9.59 Å². The number of nitrogens with zero attached hydrogens (tertiary/aromatic N) is 2. The first-order valence-corrected chi connectivity index (χ1v) is 8.24. The third kappa shape index (κ3) is 5.72. The Bertz CT molecular complexity index is 870. The minimum Gasteiger partial charge on any atom is -0.326 e. The molecule has 132 valence electrons. The zero-order valence-corrected chi connectivity index (χ0v) is 14.9. The molecule has 0 bridgehead atoms. The van der Waals surface area contributed by atoms with Gasteiger partial charge in [-0.15, -0.1) is 0 Å². The van der Waals surface area contributed by atoms with E-state index in [1.165, 1.54) is 6.21 Å². The summed E-state index contributed by atoms with van der Waals surface area (Å²) in [5.74, 6) is -0.644. The van der Waals surface area contributed by atoms with Crippen molar-refractivity contribution in [3.63, 3.8) is 0 Å². The molecule has 2 aromatic carbocycles. The first-order chi connectivity index (χ1) is 12.5. The molecule has 0 unspecified atom stereocenters. The number of benzene rings is 2. The molecule has 0 aliphatic heterocycles. The van der Waals surface area contributed by atoms with Gasteiger partial charge in [-0.2, -0.15) is 10.4 Å². The minimum absolute atomic E-state index is 0.0101. The van der Waals surface area contributed by atoms with E-state index in [4.69, 9.17) is 16.9 Å². The van der Waals surface area contributed by atoms with Crippen LogP contribution >= 0.6 is 11.6 Å². The molecular weight excluding hydrogens is 352 g/mol. The van der Waals surface area contributed by atoms with Gasteiger partial charge in [0.15, 0.2) is 0 Å². The van der Waals surface area contributed by atoms with E-state index in [1.54, 1.807) is 42.5 Å². The molecule has 0 aliphatic carbocycles. The van der Waals surface area contributed by atoms with Gasteiger partial charge in [-0.1, -0.05) is 29.8 Å². The van der Waals surface area contributed by atoms with Gasteiger partial charge in [0.2, 0.25) is 11.8 Å². The number of amides is 2. The summed E-state index contributed by atoms with van der Waals surface area (Å²) < 4.78 is 0. The maximum atomic E-state index is 11.9. The SMILES string of the molecule is Cc1c(Cl)cccc1NC(=O)CCC(=O)N/N=C\c1ccc(C#N)cc1. The largest absolute Gasteiger partial charge is 0.326 e. The van der Waals surface area contributed by atoms with Crippen LogP contribution in [0.2, 0.25) is 5.02 Å². The molecule has 2 N–H and O–H groups in total. The average Bonchev–Trinajstić information content (AvgIpc) is 2.64. The second kappa shape index (κ2) is 9.35. The summed E-state index contributed by atoms with van der Waals surface area (Å²) in [7, 11) is 0. The molecule has 2 rings (SSSR count). The lowest BCUT2D eigenvalue weighted by Crippen LogP contribution is -2.20. The molecule has 2 aromatic rings. The first kappa shape index (κ1) is 19.2. The van der Waals surface area contributed by atoms with Crippen LogP contribution in [0.15, 0.2) is 47.6 Å². The van der Waals surface area contributed by atoms with E-state index in [9.17, 15) is 9.59 Å². The number of hydrogen-bond donors (Lipinski definition) is 2. The van der Waals surface area contributed by atoms with Gasteiger partial charge in [0.05, 0.1) is 17.8 Å². The number of rotatable bonds is 6. The van der Waals surface area contributed by atoms with Crippen molar-refractivity contribution in [2.24, 2.45) is 5.10 Å². The predicted octanol–water partition coefficient (Wildman–Crippen LogP) is 3.39. The molecule has 0 saturated heterocycles. The molecule has 26 heavy (non-hydrogen) atoms. The summed E-state index contributed by atoms with van der Waals surface area (Å²) in [6.45, 7) is 1.81. The third-order valence-corrected chi connectivity index (χ3v) is 3.97. The van der Waals surface area contributed by atoms with E-state index in [0.29, 0.717) is 16.3 Å². The highest BCUT2D eigenvalue weighted by Crippen LogP contribution is 2.23. The number of nitrogens with one attached hydrogen (secondary N) is 2.